The average Bonchev–Trinajstić information content (AvgIpc) is 3.34. The molecule has 11 heteroatoms. The van der Waals surface area contributed by atoms with Crippen LogP contribution in [0.25, 0.3) is 0 Å². The number of nitrogens with one attached hydrogen (secondary N) is 1. The Morgan fingerprint density at radius 1 is 1.38 bits per heavy atom. The summed E-state index contributed by atoms with van der Waals surface area (Å²) in [6.45, 7) is 2.51. The first kappa shape index (κ1) is 22.0. The third-order valence-electron chi connectivity index (χ3n) is 5.93. The molecule has 4 atom stereocenters. The highest BCUT2D eigenvalue weighted by molar-refractivity contribution is 5.97. The monoisotopic (exact) mass is 450 g/mol. The highest BCUT2D eigenvalue weighted by atomic mass is 19.4. The van der Waals surface area contributed by atoms with Crippen LogP contribution in [0.15, 0.2) is 54.3 Å². The number of alkyl halides is 3. The topological polar surface area (TPSA) is 110 Å². The lowest BCUT2D eigenvalue weighted by Gasteiger charge is -2.35. The summed E-state index contributed by atoms with van der Waals surface area (Å²) in [5.41, 5.74) is 5.01. The third kappa shape index (κ3) is 4.24. The fourth-order valence-corrected chi connectivity index (χ4v) is 4.47. The highest BCUT2D eigenvalue weighted by Gasteiger charge is 2.49. The van der Waals surface area contributed by atoms with Crippen LogP contribution in [0.5, 0.6) is 5.88 Å². The smallest absolute Gasteiger partial charge is 0.417 e. The van der Waals surface area contributed by atoms with Crippen molar-refractivity contribution in [3.8, 4) is 5.88 Å². The largest absolute Gasteiger partial charge is 0.472 e. The van der Waals surface area contributed by atoms with Gasteiger partial charge >= 0.3 is 6.18 Å². The second-order valence-electron chi connectivity index (χ2n) is 8.20. The predicted octanol–water partition coefficient (Wildman–Crippen LogP) is 1.83. The number of carbonyl (C=O) groups excluding carboxylic acids is 1. The van der Waals surface area contributed by atoms with Crippen LogP contribution in [0, 0.1) is 5.92 Å². The number of nitrogens with zero attached hydrogens (tertiary/aromatic N) is 3. The van der Waals surface area contributed by atoms with Crippen LogP contribution in [0.3, 0.4) is 0 Å². The molecule has 1 saturated heterocycles. The Kier molecular flexibility index (Phi) is 5.76. The fraction of sp³-hybridized carbons (Fsp3) is 0.429. The van der Waals surface area contributed by atoms with Gasteiger partial charge < -0.3 is 20.7 Å². The molecule has 32 heavy (non-hydrogen) atoms. The molecule has 4 unspecified atom stereocenters. The molecule has 2 aliphatic heterocycles. The van der Waals surface area contributed by atoms with Crippen molar-refractivity contribution in [2.75, 3.05) is 6.54 Å². The van der Waals surface area contributed by atoms with E-state index in [2.05, 4.69) is 10.3 Å². The van der Waals surface area contributed by atoms with Gasteiger partial charge in [0.15, 0.2) is 0 Å². The first-order valence-electron chi connectivity index (χ1n) is 10.3. The van der Waals surface area contributed by atoms with E-state index in [0.29, 0.717) is 24.4 Å². The van der Waals surface area contributed by atoms with Crippen molar-refractivity contribution in [1.29, 1.82) is 0 Å². The van der Waals surface area contributed by atoms with Crippen LogP contribution < -0.4 is 21.6 Å². The molecule has 0 aromatic carbocycles. The Labute approximate surface area is 183 Å². The quantitative estimate of drug-likeness (QED) is 0.464. The lowest BCUT2D eigenvalue weighted by Crippen LogP contribution is -2.49. The van der Waals surface area contributed by atoms with Crippen molar-refractivity contribution in [2.24, 2.45) is 17.5 Å². The number of amides is 1. The number of fused-ring (bicyclic) bond motifs is 2. The number of ether oxygens (including phenoxy) is 1. The van der Waals surface area contributed by atoms with Crippen molar-refractivity contribution >= 4 is 5.91 Å². The number of hydrazine groups is 1. The van der Waals surface area contributed by atoms with Crippen molar-refractivity contribution in [3.63, 3.8) is 0 Å². The van der Waals surface area contributed by atoms with Gasteiger partial charge in [-0.05, 0) is 37.8 Å². The van der Waals surface area contributed by atoms with Gasteiger partial charge in [-0.2, -0.15) is 13.2 Å². The molecule has 8 nitrogen and oxygen atoms in total. The highest BCUT2D eigenvalue weighted by Crippen LogP contribution is 2.41. The molecule has 172 valence electrons. The first-order chi connectivity index (χ1) is 15.2. The zero-order chi connectivity index (χ0) is 23.0. The fourth-order valence-electron chi connectivity index (χ4n) is 4.47. The molecule has 2 bridgehead atoms. The van der Waals surface area contributed by atoms with Crippen LogP contribution in [0.2, 0.25) is 0 Å². The van der Waals surface area contributed by atoms with Crippen molar-refractivity contribution in [3.05, 3.63) is 59.8 Å². The predicted molar refractivity (Wildman–Crippen MR) is 110 cm³/mol. The normalized spacial score (nSPS) is 27.2. The van der Waals surface area contributed by atoms with Crippen LogP contribution in [0.1, 0.15) is 25.3 Å². The van der Waals surface area contributed by atoms with Gasteiger partial charge in [0.25, 0.3) is 5.91 Å². The molecular formula is C21H25F3N6O2. The number of pyridine rings is 1. The molecule has 1 aromatic heterocycles. The summed E-state index contributed by atoms with van der Waals surface area (Å²) in [5, 5.41) is 4.44. The molecule has 0 radical (unpaired) electrons. The summed E-state index contributed by atoms with van der Waals surface area (Å²) in [6, 6.07) is 1.93. The Morgan fingerprint density at radius 2 is 2.16 bits per heavy atom. The standard InChI is InChI=1S/C21H25F3N6O2/c1-12-2-4-15(19(28-12)30(26)7-6-25)20(31)29-11-13-8-16(29)17(9-13)32-18-5-3-14(10-27-18)21(22,23)24/h2-7,10,12-13,16-17,28H,8-9,11,25-26H2,1H3/b7-6-. The molecule has 1 amide bonds. The molecule has 1 aromatic rings. The van der Waals surface area contributed by atoms with E-state index < -0.39 is 11.7 Å². The van der Waals surface area contributed by atoms with Gasteiger partial charge in [-0.1, -0.05) is 6.08 Å². The Balaban J connectivity index is 1.51. The van der Waals surface area contributed by atoms with Gasteiger partial charge in [0.05, 0.1) is 17.2 Å². The van der Waals surface area contributed by atoms with Gasteiger partial charge in [-0.3, -0.25) is 9.80 Å². The number of nitrogens with two attached hydrogens (primary N) is 2. The average molecular weight is 450 g/mol. The van der Waals surface area contributed by atoms with Crippen LogP contribution in [-0.4, -0.2) is 45.5 Å². The Morgan fingerprint density at radius 3 is 2.78 bits per heavy atom. The number of hydrogen-bond acceptors (Lipinski definition) is 7. The minimum atomic E-state index is -4.46. The van der Waals surface area contributed by atoms with Crippen LogP contribution in [-0.2, 0) is 11.0 Å². The van der Waals surface area contributed by atoms with E-state index in [1.54, 1.807) is 11.0 Å². The number of hydrogen-bond donors (Lipinski definition) is 3. The van der Waals surface area contributed by atoms with Gasteiger partial charge in [0, 0.05) is 37.2 Å². The molecule has 4 rings (SSSR count). The molecule has 3 heterocycles. The Bertz CT molecular complexity index is 959. The van der Waals surface area contributed by atoms with E-state index in [0.717, 1.165) is 18.7 Å². The molecule has 1 aliphatic carbocycles. The minimum absolute atomic E-state index is 0.0179. The summed E-state index contributed by atoms with van der Waals surface area (Å²) in [6.07, 6.45) is 3.76. The summed E-state index contributed by atoms with van der Waals surface area (Å²) in [5.74, 6) is 6.63. The lowest BCUT2D eigenvalue weighted by atomic mass is 10.0. The molecule has 5 N–H and O–H groups in total. The van der Waals surface area contributed by atoms with E-state index in [4.69, 9.17) is 16.3 Å². The number of rotatable bonds is 5. The van der Waals surface area contributed by atoms with Crippen molar-refractivity contribution in [2.45, 2.75) is 44.1 Å². The van der Waals surface area contributed by atoms with Gasteiger partial charge in [-0.15, -0.1) is 0 Å². The summed E-state index contributed by atoms with van der Waals surface area (Å²) >= 11 is 0. The molecular weight excluding hydrogens is 425 g/mol. The van der Waals surface area contributed by atoms with Gasteiger partial charge in [-0.25, -0.2) is 10.8 Å². The maximum atomic E-state index is 13.4. The maximum Gasteiger partial charge on any atom is 0.417 e. The number of aromatic nitrogens is 1. The van der Waals surface area contributed by atoms with E-state index in [1.807, 2.05) is 13.0 Å². The van der Waals surface area contributed by atoms with E-state index in [-0.39, 0.29) is 35.9 Å². The van der Waals surface area contributed by atoms with E-state index >= 15 is 0 Å². The van der Waals surface area contributed by atoms with E-state index in [1.165, 1.54) is 23.5 Å². The lowest BCUT2D eigenvalue weighted by molar-refractivity contribution is -0.138. The third-order valence-corrected chi connectivity index (χ3v) is 5.93. The van der Waals surface area contributed by atoms with Crippen LogP contribution in [0.4, 0.5) is 13.2 Å². The number of dihydropyridines is 1. The Hall–Kier alpha value is -3.21. The number of carbonyl (C=O) groups is 1. The summed E-state index contributed by atoms with van der Waals surface area (Å²) < 4.78 is 44.2. The van der Waals surface area contributed by atoms with Gasteiger partial charge in [0.1, 0.15) is 11.9 Å². The van der Waals surface area contributed by atoms with Gasteiger partial charge in [0.2, 0.25) is 5.88 Å². The molecule has 3 aliphatic rings. The second kappa shape index (κ2) is 8.38. The summed E-state index contributed by atoms with van der Waals surface area (Å²) in [7, 11) is 0. The molecule has 2 fully saturated rings. The SMILES string of the molecule is CC1C=CC(C(=O)N2CC3CC(Oc4ccc(C(F)(F)F)cn4)C2C3)=C(N(N)/C=C\N)N1. The zero-order valence-corrected chi connectivity index (χ0v) is 17.4. The van der Waals surface area contributed by atoms with Crippen LogP contribution >= 0.6 is 0 Å². The number of piperidine rings is 1. The zero-order valence-electron chi connectivity index (χ0n) is 17.4. The van der Waals surface area contributed by atoms with Crippen molar-refractivity contribution < 1.29 is 22.7 Å². The maximum absolute atomic E-state index is 13.4. The molecule has 0 spiro atoms. The minimum Gasteiger partial charge on any atom is -0.472 e. The van der Waals surface area contributed by atoms with Crippen molar-refractivity contribution in [1.82, 2.24) is 20.2 Å². The molecule has 1 saturated carbocycles. The second-order valence-corrected chi connectivity index (χ2v) is 8.20. The van der Waals surface area contributed by atoms with E-state index in [9.17, 15) is 18.0 Å². The number of likely N-dealkylation sites (tertiary alicyclic amines) is 1. The first-order valence-corrected chi connectivity index (χ1v) is 10.3. The summed E-state index contributed by atoms with van der Waals surface area (Å²) in [4.78, 5) is 19.0. The number of halogens is 3.